The fourth-order valence-electron chi connectivity index (χ4n) is 1.33. The molecule has 1 aromatic rings. The zero-order chi connectivity index (χ0) is 11.9. The van der Waals surface area contributed by atoms with Gasteiger partial charge in [0.1, 0.15) is 5.82 Å². The minimum atomic E-state index is -0.975. The van der Waals surface area contributed by atoms with Crippen molar-refractivity contribution in [3.05, 3.63) is 23.4 Å². The van der Waals surface area contributed by atoms with E-state index in [4.69, 9.17) is 0 Å². The predicted octanol–water partition coefficient (Wildman–Crippen LogP) is 1.76. The summed E-state index contributed by atoms with van der Waals surface area (Å²) in [5, 5.41) is 2.56. The number of hydrogen-bond donors (Lipinski definition) is 1. The molecule has 2 rings (SSSR count). The lowest BCUT2D eigenvalue weighted by Gasteiger charge is -2.09. The lowest BCUT2D eigenvalue weighted by molar-refractivity contribution is -0.115. The van der Waals surface area contributed by atoms with Crippen LogP contribution < -0.4 is 5.32 Å². The topological polar surface area (TPSA) is 68.3 Å². The van der Waals surface area contributed by atoms with Crippen molar-refractivity contribution in [2.75, 3.05) is 12.4 Å². The molecule has 0 saturated carbocycles. The maximum Gasteiger partial charge on any atom is 0.356 e. The summed E-state index contributed by atoms with van der Waals surface area (Å²) in [4.78, 5) is 26.8. The molecular formula is C9H6Br2N2O3. The van der Waals surface area contributed by atoms with Gasteiger partial charge < -0.3 is 10.1 Å². The van der Waals surface area contributed by atoms with Crippen LogP contribution in [0.25, 0.3) is 0 Å². The number of aromatic nitrogens is 1. The van der Waals surface area contributed by atoms with Gasteiger partial charge in [-0.15, -0.1) is 0 Å². The second-order valence-corrected chi connectivity index (χ2v) is 6.56. The number of fused-ring (bicyclic) bond motifs is 1. The summed E-state index contributed by atoms with van der Waals surface area (Å²) >= 11 is 6.47. The Balaban J connectivity index is 2.48. The van der Waals surface area contributed by atoms with Crippen molar-refractivity contribution in [3.8, 4) is 0 Å². The first-order valence-corrected chi connectivity index (χ1v) is 5.84. The van der Waals surface area contributed by atoms with Crippen molar-refractivity contribution in [1.82, 2.24) is 4.98 Å². The molecule has 5 nitrogen and oxygen atoms in total. The van der Waals surface area contributed by atoms with E-state index in [0.29, 0.717) is 11.4 Å². The minimum Gasteiger partial charge on any atom is -0.464 e. The van der Waals surface area contributed by atoms with Crippen LogP contribution in [-0.4, -0.2) is 24.0 Å². The molecule has 16 heavy (non-hydrogen) atoms. The minimum absolute atomic E-state index is 0.152. The number of halogens is 2. The van der Waals surface area contributed by atoms with Crippen molar-refractivity contribution in [1.29, 1.82) is 0 Å². The van der Waals surface area contributed by atoms with Gasteiger partial charge in [0.25, 0.3) is 5.91 Å². The first-order chi connectivity index (χ1) is 7.46. The fourth-order valence-corrected chi connectivity index (χ4v) is 2.17. The van der Waals surface area contributed by atoms with Crippen LogP contribution in [0.1, 0.15) is 16.1 Å². The van der Waals surface area contributed by atoms with E-state index in [1.54, 1.807) is 6.07 Å². The number of alkyl halides is 2. The molecule has 0 aromatic carbocycles. The summed E-state index contributed by atoms with van der Waals surface area (Å²) in [6.07, 6.45) is 0. The first-order valence-electron chi connectivity index (χ1n) is 4.26. The third kappa shape index (κ3) is 1.63. The Kier molecular flexibility index (Phi) is 2.75. The van der Waals surface area contributed by atoms with Gasteiger partial charge in [-0.3, -0.25) is 4.79 Å². The summed E-state index contributed by atoms with van der Waals surface area (Å²) in [6.45, 7) is 0. The number of methoxy groups -OCH3 is 1. The highest BCUT2D eigenvalue weighted by Gasteiger charge is 2.43. The van der Waals surface area contributed by atoms with Crippen molar-refractivity contribution >= 4 is 49.6 Å². The van der Waals surface area contributed by atoms with Crippen molar-refractivity contribution in [2.24, 2.45) is 0 Å². The van der Waals surface area contributed by atoms with E-state index in [1.807, 2.05) is 0 Å². The van der Waals surface area contributed by atoms with Crippen molar-refractivity contribution in [3.63, 3.8) is 0 Å². The number of nitrogens with one attached hydrogen (secondary N) is 1. The molecule has 0 atom stereocenters. The van der Waals surface area contributed by atoms with Gasteiger partial charge in [0, 0.05) is 5.56 Å². The Morgan fingerprint density at radius 3 is 2.81 bits per heavy atom. The lowest BCUT2D eigenvalue weighted by atomic mass is 10.2. The number of pyridine rings is 1. The van der Waals surface area contributed by atoms with E-state index in [-0.39, 0.29) is 11.6 Å². The molecule has 0 radical (unpaired) electrons. The van der Waals surface area contributed by atoms with Crippen LogP contribution >= 0.6 is 31.9 Å². The molecule has 0 fully saturated rings. The maximum atomic E-state index is 11.5. The van der Waals surface area contributed by atoms with Gasteiger partial charge in [0.05, 0.1) is 7.11 Å². The molecule has 2 heterocycles. The number of rotatable bonds is 1. The highest BCUT2D eigenvalue weighted by atomic mass is 79.9. The molecule has 1 aliphatic heterocycles. The van der Waals surface area contributed by atoms with Gasteiger partial charge in [-0.25, -0.2) is 9.78 Å². The third-order valence-electron chi connectivity index (χ3n) is 2.15. The Bertz CT molecular complexity index is 488. The molecule has 84 valence electrons. The number of carbonyl (C=O) groups is 2. The zero-order valence-corrected chi connectivity index (χ0v) is 11.3. The van der Waals surface area contributed by atoms with Crippen LogP contribution in [0.15, 0.2) is 12.1 Å². The molecule has 1 N–H and O–H groups in total. The van der Waals surface area contributed by atoms with E-state index < -0.39 is 9.20 Å². The number of ether oxygens (including phenoxy) is 1. The Hall–Kier alpha value is -0.950. The summed E-state index contributed by atoms with van der Waals surface area (Å²) in [7, 11) is 1.27. The SMILES string of the molecule is COC(=O)c1ccc2c(n1)NC(=O)C2(Br)Br. The van der Waals surface area contributed by atoms with Gasteiger partial charge in [0.15, 0.2) is 8.93 Å². The zero-order valence-electron chi connectivity index (χ0n) is 8.08. The van der Waals surface area contributed by atoms with E-state index in [1.165, 1.54) is 13.2 Å². The maximum absolute atomic E-state index is 11.5. The second kappa shape index (κ2) is 3.81. The highest BCUT2D eigenvalue weighted by molar-refractivity contribution is 9.25. The van der Waals surface area contributed by atoms with Gasteiger partial charge in [-0.1, -0.05) is 37.9 Å². The standard InChI is InChI=1S/C9H6Br2N2O3/c1-16-7(14)5-3-2-4-6(12-5)13-8(15)9(4,10)11/h2-3H,1H3,(H,12,13,15). The smallest absolute Gasteiger partial charge is 0.356 e. The van der Waals surface area contributed by atoms with Gasteiger partial charge in [-0.2, -0.15) is 0 Å². The number of esters is 1. The molecule has 0 bridgehead atoms. The van der Waals surface area contributed by atoms with Crippen molar-refractivity contribution < 1.29 is 14.3 Å². The van der Waals surface area contributed by atoms with Crippen LogP contribution in [0.5, 0.6) is 0 Å². The summed E-state index contributed by atoms with van der Waals surface area (Å²) < 4.78 is 3.56. The average Bonchev–Trinajstić information content (AvgIpc) is 2.48. The number of hydrogen-bond acceptors (Lipinski definition) is 4. The van der Waals surface area contributed by atoms with Crippen LogP contribution in [0.2, 0.25) is 0 Å². The van der Waals surface area contributed by atoms with Gasteiger partial charge in [0.2, 0.25) is 0 Å². The van der Waals surface area contributed by atoms with Crippen LogP contribution in [-0.2, 0) is 12.8 Å². The molecule has 0 saturated heterocycles. The average molecular weight is 350 g/mol. The number of carbonyl (C=O) groups excluding carboxylic acids is 2. The Morgan fingerprint density at radius 1 is 1.50 bits per heavy atom. The summed E-state index contributed by atoms with van der Waals surface area (Å²) in [6, 6.07) is 3.14. The van der Waals surface area contributed by atoms with E-state index in [9.17, 15) is 9.59 Å². The highest BCUT2D eigenvalue weighted by Crippen LogP contribution is 2.46. The quantitative estimate of drug-likeness (QED) is 0.619. The molecule has 7 heteroatoms. The lowest BCUT2D eigenvalue weighted by Crippen LogP contribution is -2.20. The van der Waals surface area contributed by atoms with Gasteiger partial charge in [-0.05, 0) is 6.07 Å². The molecule has 1 aromatic heterocycles. The van der Waals surface area contributed by atoms with Crippen molar-refractivity contribution in [2.45, 2.75) is 3.23 Å². The molecule has 0 spiro atoms. The second-order valence-electron chi connectivity index (χ2n) is 3.11. The third-order valence-corrected chi connectivity index (χ3v) is 3.72. The molecule has 0 unspecified atom stereocenters. The van der Waals surface area contributed by atoms with Crippen LogP contribution in [0, 0.1) is 0 Å². The van der Waals surface area contributed by atoms with Crippen LogP contribution in [0.3, 0.4) is 0 Å². The first kappa shape index (κ1) is 11.5. The largest absolute Gasteiger partial charge is 0.464 e. The van der Waals surface area contributed by atoms with E-state index >= 15 is 0 Å². The number of anilines is 1. The summed E-state index contributed by atoms with van der Waals surface area (Å²) in [5.74, 6) is -0.475. The predicted molar refractivity (Wildman–Crippen MR) is 63.7 cm³/mol. The number of amides is 1. The summed E-state index contributed by atoms with van der Waals surface area (Å²) in [5.41, 5.74) is 0.782. The molecule has 0 aliphatic carbocycles. The molecule has 1 amide bonds. The monoisotopic (exact) mass is 348 g/mol. The van der Waals surface area contributed by atoms with E-state index in [0.717, 1.165) is 0 Å². The Labute approximate surface area is 108 Å². The molecule has 1 aliphatic rings. The Morgan fingerprint density at radius 2 is 2.19 bits per heavy atom. The molecular weight excluding hydrogens is 344 g/mol. The normalized spacial score (nSPS) is 16.6. The van der Waals surface area contributed by atoms with Crippen LogP contribution in [0.4, 0.5) is 5.82 Å². The number of nitrogens with zero attached hydrogens (tertiary/aromatic N) is 1. The fraction of sp³-hybridized carbons (Fsp3) is 0.222. The van der Waals surface area contributed by atoms with E-state index in [2.05, 4.69) is 46.9 Å². The van der Waals surface area contributed by atoms with Gasteiger partial charge >= 0.3 is 5.97 Å².